The summed E-state index contributed by atoms with van der Waals surface area (Å²) in [6.07, 6.45) is 1.51. The van der Waals surface area contributed by atoms with Crippen LogP contribution in [0.4, 0.5) is 4.39 Å². The summed E-state index contributed by atoms with van der Waals surface area (Å²) in [6, 6.07) is 11.6. The maximum Gasteiger partial charge on any atom is 0.289 e. The molecule has 3 rings (SSSR count). The van der Waals surface area contributed by atoms with E-state index < -0.39 is 0 Å². The molecule has 1 amide bonds. The minimum atomic E-state index is -0.285. The van der Waals surface area contributed by atoms with Crippen molar-refractivity contribution in [1.82, 2.24) is 15.1 Å². The lowest BCUT2D eigenvalue weighted by Crippen LogP contribution is -2.27. The fraction of sp³-hybridized carbons (Fsp3) is 0.222. The summed E-state index contributed by atoms with van der Waals surface area (Å²) < 4.78 is 19.1. The average molecular weight is 406 g/mol. The van der Waals surface area contributed by atoms with Crippen LogP contribution in [0.25, 0.3) is 11.3 Å². The maximum atomic E-state index is 13.3. The van der Waals surface area contributed by atoms with Gasteiger partial charge < -0.3 is 9.32 Å². The summed E-state index contributed by atoms with van der Waals surface area (Å²) in [5.74, 6) is -0.133. The van der Waals surface area contributed by atoms with Gasteiger partial charge in [0.25, 0.3) is 5.91 Å². The summed E-state index contributed by atoms with van der Waals surface area (Å²) in [7, 11) is 1.74. The molecule has 1 aromatic carbocycles. The van der Waals surface area contributed by atoms with Crippen LogP contribution < -0.4 is 0 Å². The fourth-order valence-electron chi connectivity index (χ4n) is 2.51. The van der Waals surface area contributed by atoms with Gasteiger partial charge in [0.2, 0.25) is 0 Å². The first kappa shape index (κ1) is 17.4. The average Bonchev–Trinajstić information content (AvgIpc) is 3.23. The molecule has 0 bridgehead atoms. The van der Waals surface area contributed by atoms with Gasteiger partial charge in [0.05, 0.1) is 5.69 Å². The molecule has 0 atom stereocenters. The largest absolute Gasteiger partial charge is 0.444 e. The lowest BCUT2D eigenvalue weighted by atomic mass is 10.1. The highest BCUT2D eigenvalue weighted by Gasteiger charge is 2.15. The van der Waals surface area contributed by atoms with Crippen LogP contribution in [0.2, 0.25) is 0 Å². The van der Waals surface area contributed by atoms with Crippen LogP contribution in [0, 0.1) is 5.82 Å². The second-order valence-corrected chi connectivity index (χ2v) is 6.50. The lowest BCUT2D eigenvalue weighted by Gasteiger charge is -2.15. The van der Waals surface area contributed by atoms with Gasteiger partial charge in [-0.15, -0.1) is 0 Å². The first-order chi connectivity index (χ1) is 12.0. The number of rotatable bonds is 6. The van der Waals surface area contributed by atoms with Crippen molar-refractivity contribution in [1.29, 1.82) is 0 Å². The molecule has 130 valence electrons. The topological polar surface area (TPSA) is 62.1 Å². The summed E-state index contributed by atoms with van der Waals surface area (Å²) in [6.45, 7) is 0.589. The molecular formula is C18H17BrFN3O2. The number of benzene rings is 1. The zero-order chi connectivity index (χ0) is 17.8. The maximum absolute atomic E-state index is 13.3. The fourth-order valence-corrected chi connectivity index (χ4v) is 2.82. The van der Waals surface area contributed by atoms with Crippen molar-refractivity contribution in [3.05, 3.63) is 64.4 Å². The highest BCUT2D eigenvalue weighted by atomic mass is 79.9. The second-order valence-electron chi connectivity index (χ2n) is 5.72. The Morgan fingerprint density at radius 3 is 2.88 bits per heavy atom. The smallest absolute Gasteiger partial charge is 0.289 e. The van der Waals surface area contributed by atoms with Gasteiger partial charge in [0.1, 0.15) is 5.82 Å². The number of aromatic nitrogens is 2. The molecule has 0 aliphatic heterocycles. The zero-order valence-electron chi connectivity index (χ0n) is 13.6. The number of carbonyl (C=O) groups excluding carboxylic acids is 1. The molecule has 0 saturated heterocycles. The van der Waals surface area contributed by atoms with Gasteiger partial charge in [0.15, 0.2) is 10.4 Å². The number of hydrogen-bond acceptors (Lipinski definition) is 3. The molecule has 25 heavy (non-hydrogen) atoms. The zero-order valence-corrected chi connectivity index (χ0v) is 15.2. The third-order valence-corrected chi connectivity index (χ3v) is 4.25. The second kappa shape index (κ2) is 7.65. The van der Waals surface area contributed by atoms with Crippen LogP contribution in [0.1, 0.15) is 22.7 Å². The van der Waals surface area contributed by atoms with Crippen LogP contribution >= 0.6 is 15.9 Å². The number of nitrogens with one attached hydrogen (secondary N) is 1. The third kappa shape index (κ3) is 4.36. The van der Waals surface area contributed by atoms with Gasteiger partial charge in [-0.3, -0.25) is 9.89 Å². The van der Waals surface area contributed by atoms with Crippen molar-refractivity contribution in [2.45, 2.75) is 12.8 Å². The Morgan fingerprint density at radius 2 is 2.16 bits per heavy atom. The SMILES string of the molecule is CN(CCCc1cc(-c2cccc(F)c2)n[nH]1)C(=O)c1ccc(Br)o1. The van der Waals surface area contributed by atoms with E-state index in [4.69, 9.17) is 4.42 Å². The number of halogens is 2. The van der Waals surface area contributed by atoms with Gasteiger partial charge in [0, 0.05) is 24.8 Å². The van der Waals surface area contributed by atoms with E-state index in [1.54, 1.807) is 30.1 Å². The standard InChI is InChI=1S/C18H17BrFN3O2/c1-23(18(24)16-7-8-17(19)25-16)9-3-6-14-11-15(22-21-14)12-4-2-5-13(20)10-12/h2,4-5,7-8,10-11H,3,6,9H2,1H3,(H,21,22). The van der Waals surface area contributed by atoms with Crippen molar-refractivity contribution in [2.24, 2.45) is 0 Å². The number of carbonyl (C=O) groups is 1. The monoisotopic (exact) mass is 405 g/mol. The highest BCUT2D eigenvalue weighted by molar-refractivity contribution is 9.10. The van der Waals surface area contributed by atoms with Gasteiger partial charge in [-0.05, 0) is 59.1 Å². The van der Waals surface area contributed by atoms with Gasteiger partial charge in [-0.1, -0.05) is 12.1 Å². The summed E-state index contributed by atoms with van der Waals surface area (Å²) in [4.78, 5) is 13.8. The van der Waals surface area contributed by atoms with Crippen LogP contribution in [0.15, 0.2) is 51.6 Å². The first-order valence-corrected chi connectivity index (χ1v) is 8.63. The van der Waals surface area contributed by atoms with E-state index in [2.05, 4.69) is 26.1 Å². The number of furan rings is 1. The van der Waals surface area contributed by atoms with Crippen molar-refractivity contribution in [3.63, 3.8) is 0 Å². The van der Waals surface area contributed by atoms with Gasteiger partial charge >= 0.3 is 0 Å². The number of amides is 1. The van der Waals surface area contributed by atoms with Crippen molar-refractivity contribution >= 4 is 21.8 Å². The summed E-state index contributed by atoms with van der Waals surface area (Å²) >= 11 is 3.19. The molecule has 0 aliphatic carbocycles. The molecule has 2 heterocycles. The Labute approximate surface area is 153 Å². The highest BCUT2D eigenvalue weighted by Crippen LogP contribution is 2.19. The normalized spacial score (nSPS) is 10.8. The molecule has 3 aromatic rings. The van der Waals surface area contributed by atoms with E-state index in [9.17, 15) is 9.18 Å². The number of H-pyrrole nitrogens is 1. The Bertz CT molecular complexity index is 875. The Morgan fingerprint density at radius 1 is 1.32 bits per heavy atom. The minimum Gasteiger partial charge on any atom is -0.444 e. The van der Waals surface area contributed by atoms with E-state index in [0.29, 0.717) is 22.7 Å². The molecule has 2 aromatic heterocycles. The quantitative estimate of drug-likeness (QED) is 0.665. The predicted molar refractivity (Wildman–Crippen MR) is 95.7 cm³/mol. The number of aryl methyl sites for hydroxylation is 1. The molecule has 5 nitrogen and oxygen atoms in total. The van der Waals surface area contributed by atoms with E-state index in [1.807, 2.05) is 12.1 Å². The van der Waals surface area contributed by atoms with E-state index in [-0.39, 0.29) is 11.7 Å². The summed E-state index contributed by atoms with van der Waals surface area (Å²) in [5, 5.41) is 7.18. The molecule has 0 radical (unpaired) electrons. The Kier molecular flexibility index (Phi) is 5.33. The minimum absolute atomic E-state index is 0.157. The lowest BCUT2D eigenvalue weighted by molar-refractivity contribution is 0.0760. The van der Waals surface area contributed by atoms with Crippen LogP contribution in [0.5, 0.6) is 0 Å². The number of nitrogens with zero attached hydrogens (tertiary/aromatic N) is 2. The van der Waals surface area contributed by atoms with E-state index in [0.717, 1.165) is 24.1 Å². The number of hydrogen-bond donors (Lipinski definition) is 1. The molecule has 0 aliphatic rings. The molecular weight excluding hydrogens is 389 g/mol. The first-order valence-electron chi connectivity index (χ1n) is 7.84. The third-order valence-electron chi connectivity index (χ3n) is 3.82. The molecule has 1 N–H and O–H groups in total. The van der Waals surface area contributed by atoms with Crippen LogP contribution in [-0.2, 0) is 6.42 Å². The van der Waals surface area contributed by atoms with Crippen LogP contribution in [0.3, 0.4) is 0 Å². The van der Waals surface area contributed by atoms with Gasteiger partial charge in [-0.25, -0.2) is 4.39 Å². The Hall–Kier alpha value is -2.41. The molecule has 0 saturated carbocycles. The van der Waals surface area contributed by atoms with E-state index >= 15 is 0 Å². The molecule has 0 unspecified atom stereocenters. The number of aromatic amines is 1. The van der Waals surface area contributed by atoms with Crippen molar-refractivity contribution < 1.29 is 13.6 Å². The van der Waals surface area contributed by atoms with Crippen molar-refractivity contribution in [2.75, 3.05) is 13.6 Å². The van der Waals surface area contributed by atoms with Crippen molar-refractivity contribution in [3.8, 4) is 11.3 Å². The van der Waals surface area contributed by atoms with Gasteiger partial charge in [-0.2, -0.15) is 5.10 Å². The predicted octanol–water partition coefficient (Wildman–Crippen LogP) is 4.28. The molecule has 7 heteroatoms. The Balaban J connectivity index is 1.53. The van der Waals surface area contributed by atoms with E-state index in [1.165, 1.54) is 12.1 Å². The molecule has 0 fully saturated rings. The molecule has 0 spiro atoms. The summed E-state index contributed by atoms with van der Waals surface area (Å²) in [5.41, 5.74) is 2.39. The van der Waals surface area contributed by atoms with Crippen LogP contribution in [-0.4, -0.2) is 34.6 Å².